The fraction of sp³-hybridized carbons (Fsp3) is 0.364. The third-order valence-electron chi connectivity index (χ3n) is 4.80. The molecule has 0 saturated heterocycles. The van der Waals surface area contributed by atoms with E-state index in [2.05, 4.69) is 5.32 Å². The molecule has 0 unspecified atom stereocenters. The molecule has 0 saturated carbocycles. The van der Waals surface area contributed by atoms with Crippen molar-refractivity contribution in [3.8, 4) is 0 Å². The maximum atomic E-state index is 13.4. The lowest BCUT2D eigenvalue weighted by Gasteiger charge is -2.32. The molecule has 2 aromatic rings. The highest BCUT2D eigenvalue weighted by Gasteiger charge is 2.31. The third kappa shape index (κ3) is 7.12. The summed E-state index contributed by atoms with van der Waals surface area (Å²) in [5, 5.41) is 3.74. The second kappa shape index (κ2) is 11.5. The van der Waals surface area contributed by atoms with Gasteiger partial charge in [0.25, 0.3) is 0 Å². The Morgan fingerprint density at radius 1 is 0.969 bits per heavy atom. The van der Waals surface area contributed by atoms with Crippen molar-refractivity contribution in [1.29, 1.82) is 0 Å². The highest BCUT2D eigenvalue weighted by atomic mass is 35.5. The highest BCUT2D eigenvalue weighted by Crippen LogP contribution is 2.22. The third-order valence-corrected chi connectivity index (χ3v) is 6.44. The first-order valence-electron chi connectivity index (χ1n) is 10.1. The molecule has 7 nitrogen and oxygen atoms in total. The molecule has 0 fully saturated rings. The Bertz CT molecular complexity index is 1030. The van der Waals surface area contributed by atoms with Crippen LogP contribution in [0.1, 0.15) is 25.8 Å². The maximum absolute atomic E-state index is 13.4. The largest absolute Gasteiger partial charge is 0.355 e. The number of nitrogens with zero attached hydrogens (tertiary/aromatic N) is 2. The number of hydrogen-bond donors (Lipinski definition) is 1. The molecule has 0 aliphatic heterocycles. The number of halogens is 2. The van der Waals surface area contributed by atoms with Gasteiger partial charge in [-0.05, 0) is 55.3 Å². The average Bonchev–Trinajstić information content (AvgIpc) is 2.73. The van der Waals surface area contributed by atoms with Gasteiger partial charge < -0.3 is 10.2 Å². The molecule has 2 rings (SSSR count). The van der Waals surface area contributed by atoms with Gasteiger partial charge >= 0.3 is 0 Å². The summed E-state index contributed by atoms with van der Waals surface area (Å²) in [5.41, 5.74) is 1.07. The van der Waals surface area contributed by atoms with Crippen LogP contribution in [0.4, 0.5) is 5.69 Å². The van der Waals surface area contributed by atoms with Gasteiger partial charge in [-0.3, -0.25) is 13.9 Å². The summed E-state index contributed by atoms with van der Waals surface area (Å²) in [4.78, 5) is 27.5. The van der Waals surface area contributed by atoms with Crippen molar-refractivity contribution in [1.82, 2.24) is 10.2 Å². The van der Waals surface area contributed by atoms with Crippen LogP contribution in [0.3, 0.4) is 0 Å². The molecule has 0 aliphatic carbocycles. The van der Waals surface area contributed by atoms with Crippen LogP contribution < -0.4 is 9.62 Å². The molecular weight excluding hydrogens is 473 g/mol. The minimum atomic E-state index is -3.78. The minimum absolute atomic E-state index is 0.129. The van der Waals surface area contributed by atoms with E-state index in [1.165, 1.54) is 17.0 Å². The van der Waals surface area contributed by atoms with Gasteiger partial charge in [0, 0.05) is 23.1 Å². The van der Waals surface area contributed by atoms with Crippen LogP contribution >= 0.6 is 23.2 Å². The first-order chi connectivity index (χ1) is 15.1. The molecule has 0 spiro atoms. The van der Waals surface area contributed by atoms with Crippen LogP contribution in [0.25, 0.3) is 0 Å². The smallest absolute Gasteiger partial charge is 0.244 e. The van der Waals surface area contributed by atoms with Gasteiger partial charge in [0.15, 0.2) is 0 Å². The molecule has 1 N–H and O–H groups in total. The molecule has 0 heterocycles. The molecule has 32 heavy (non-hydrogen) atoms. The van der Waals surface area contributed by atoms with E-state index < -0.39 is 28.5 Å². The van der Waals surface area contributed by atoms with Crippen molar-refractivity contribution in [2.75, 3.05) is 23.7 Å². The first-order valence-corrected chi connectivity index (χ1v) is 12.7. The lowest BCUT2D eigenvalue weighted by molar-refractivity contribution is -0.140. The van der Waals surface area contributed by atoms with Crippen molar-refractivity contribution in [2.45, 2.75) is 32.9 Å². The van der Waals surface area contributed by atoms with Crippen LogP contribution in [0.15, 0.2) is 48.5 Å². The molecule has 174 valence electrons. The number of sulfonamides is 1. The van der Waals surface area contributed by atoms with Gasteiger partial charge in [-0.15, -0.1) is 0 Å². The van der Waals surface area contributed by atoms with Crippen LogP contribution in [-0.2, 0) is 26.2 Å². The number of anilines is 1. The van der Waals surface area contributed by atoms with Crippen LogP contribution in [0, 0.1) is 0 Å². The zero-order chi connectivity index (χ0) is 23.9. The zero-order valence-corrected chi connectivity index (χ0v) is 20.5. The molecule has 0 aromatic heterocycles. The monoisotopic (exact) mass is 499 g/mol. The molecule has 0 bridgehead atoms. The summed E-state index contributed by atoms with van der Waals surface area (Å²) in [6.07, 6.45) is 1.39. The van der Waals surface area contributed by atoms with Crippen LogP contribution in [0.5, 0.6) is 0 Å². The number of nitrogens with one attached hydrogen (secondary N) is 1. The molecule has 2 aromatic carbocycles. The Morgan fingerprint density at radius 2 is 1.50 bits per heavy atom. The lowest BCUT2D eigenvalue weighted by Crippen LogP contribution is -2.52. The van der Waals surface area contributed by atoms with Crippen molar-refractivity contribution >= 4 is 50.7 Å². The lowest BCUT2D eigenvalue weighted by atomic mass is 10.1. The molecule has 10 heteroatoms. The van der Waals surface area contributed by atoms with Crippen LogP contribution in [0.2, 0.25) is 10.0 Å². The SMILES string of the molecule is CCNC(=O)[C@@H](CC)N(Cc1ccc(Cl)cc1)C(=O)CN(c1ccc(Cl)cc1)S(C)(=O)=O. The Kier molecular flexibility index (Phi) is 9.36. The Balaban J connectivity index is 2.40. The topological polar surface area (TPSA) is 86.8 Å². The normalized spacial score (nSPS) is 12.2. The van der Waals surface area contributed by atoms with E-state index in [4.69, 9.17) is 23.2 Å². The van der Waals surface area contributed by atoms with E-state index in [-0.39, 0.29) is 12.5 Å². The number of rotatable bonds is 10. The van der Waals surface area contributed by atoms with E-state index in [1.54, 1.807) is 50.2 Å². The fourth-order valence-corrected chi connectivity index (χ4v) is 4.32. The molecular formula is C22H27Cl2N3O4S. The van der Waals surface area contributed by atoms with Crippen molar-refractivity contribution in [3.63, 3.8) is 0 Å². The van der Waals surface area contributed by atoms with Gasteiger partial charge in [-0.2, -0.15) is 0 Å². The highest BCUT2D eigenvalue weighted by molar-refractivity contribution is 7.92. The van der Waals surface area contributed by atoms with E-state index >= 15 is 0 Å². The second-order valence-corrected chi connectivity index (χ2v) is 9.99. The number of carbonyl (C=O) groups is 2. The van der Waals surface area contributed by atoms with Crippen molar-refractivity contribution < 1.29 is 18.0 Å². The number of likely N-dealkylation sites (N-methyl/N-ethyl adjacent to an activating group) is 1. The predicted molar refractivity (Wildman–Crippen MR) is 128 cm³/mol. The van der Waals surface area contributed by atoms with Gasteiger partial charge in [0.05, 0.1) is 11.9 Å². The van der Waals surface area contributed by atoms with E-state index in [1.807, 2.05) is 0 Å². The van der Waals surface area contributed by atoms with Gasteiger partial charge in [-0.25, -0.2) is 8.42 Å². The quantitative estimate of drug-likeness (QED) is 0.539. The van der Waals surface area contributed by atoms with E-state index in [9.17, 15) is 18.0 Å². The summed E-state index contributed by atoms with van der Waals surface area (Å²) in [5.74, 6) is -0.798. The Hall–Kier alpha value is -2.29. The number of hydrogen-bond acceptors (Lipinski definition) is 4. The molecule has 0 aliphatic rings. The van der Waals surface area contributed by atoms with E-state index in [0.29, 0.717) is 28.7 Å². The van der Waals surface area contributed by atoms with Crippen molar-refractivity contribution in [3.05, 3.63) is 64.1 Å². The van der Waals surface area contributed by atoms with Crippen LogP contribution in [-0.4, -0.2) is 50.5 Å². The van der Waals surface area contributed by atoms with Crippen molar-refractivity contribution in [2.24, 2.45) is 0 Å². The first kappa shape index (κ1) is 26.0. The van der Waals surface area contributed by atoms with E-state index in [0.717, 1.165) is 16.1 Å². The van der Waals surface area contributed by atoms with Gasteiger partial charge in [-0.1, -0.05) is 42.3 Å². The predicted octanol–water partition coefficient (Wildman–Crippen LogP) is 3.70. The summed E-state index contributed by atoms with van der Waals surface area (Å²) in [7, 11) is -3.78. The summed E-state index contributed by atoms with van der Waals surface area (Å²) < 4.78 is 26.0. The number of carbonyl (C=O) groups excluding carboxylic acids is 2. The van der Waals surface area contributed by atoms with Gasteiger partial charge in [0.1, 0.15) is 12.6 Å². The Morgan fingerprint density at radius 3 is 1.97 bits per heavy atom. The summed E-state index contributed by atoms with van der Waals surface area (Å²) in [6.45, 7) is 3.68. The second-order valence-electron chi connectivity index (χ2n) is 7.21. The molecule has 1 atom stereocenters. The standard InChI is InChI=1S/C22H27Cl2N3O4S/c1-4-20(22(29)25-5-2)26(14-16-6-8-17(23)9-7-16)21(28)15-27(32(3,30)31)19-12-10-18(24)11-13-19/h6-13,20H,4-5,14-15H2,1-3H3,(H,25,29)/t20-/m1/s1. The maximum Gasteiger partial charge on any atom is 0.244 e. The minimum Gasteiger partial charge on any atom is -0.355 e. The number of amides is 2. The fourth-order valence-electron chi connectivity index (χ4n) is 3.22. The summed E-state index contributed by atoms with van der Waals surface area (Å²) in [6, 6.07) is 12.3. The molecule has 0 radical (unpaired) electrons. The number of benzene rings is 2. The Labute approximate surface area is 199 Å². The molecule has 2 amide bonds. The zero-order valence-electron chi connectivity index (χ0n) is 18.2. The average molecular weight is 500 g/mol. The van der Waals surface area contributed by atoms with Gasteiger partial charge in [0.2, 0.25) is 21.8 Å². The summed E-state index contributed by atoms with van der Waals surface area (Å²) >= 11 is 11.9.